The Kier molecular flexibility index (Phi) is 6.01. The third-order valence-corrected chi connectivity index (χ3v) is 8.09. The van der Waals surface area contributed by atoms with Gasteiger partial charge in [0.05, 0.1) is 12.0 Å². The van der Waals surface area contributed by atoms with Crippen LogP contribution in [0.5, 0.6) is 0 Å². The first-order valence-electron chi connectivity index (χ1n) is 12.0. The minimum absolute atomic E-state index is 0.0466. The molecule has 2 aromatic carbocycles. The number of ether oxygens (including phenoxy) is 2. The molecular formula is C27H30N2O6. The van der Waals surface area contributed by atoms with E-state index in [1.165, 1.54) is 7.11 Å². The van der Waals surface area contributed by atoms with Gasteiger partial charge >= 0.3 is 12.1 Å². The van der Waals surface area contributed by atoms with Gasteiger partial charge in [0.15, 0.2) is 6.04 Å². The number of carbonyl (C=O) groups excluding carboxylic acids is 2. The molecule has 1 spiro atoms. The highest BCUT2D eigenvalue weighted by Crippen LogP contribution is 2.73. The van der Waals surface area contributed by atoms with Gasteiger partial charge in [-0.25, -0.2) is 9.59 Å². The Morgan fingerprint density at radius 2 is 1.69 bits per heavy atom. The highest BCUT2D eigenvalue weighted by atomic mass is 16.5. The molecule has 2 saturated carbocycles. The second kappa shape index (κ2) is 9.00. The molecule has 2 amide bonds. The van der Waals surface area contributed by atoms with Gasteiger partial charge in [-0.3, -0.25) is 4.79 Å². The molecule has 3 N–H and O–H groups in total. The standard InChI is InChI=1S/C27H30N2O6/c1-34-14-22(23(30)31)29-24(32)27(15-26(27)11-6-12-26)16-28-25(33)35-13-21-19-9-4-2-7-17(19)18-8-3-5-10-20(18)21/h2-5,7-10,21-22H,6,11-16H2,1H3,(H,28,33)(H,29,32)(H,30,31)/t22-,27?/m0/s1. The van der Waals surface area contributed by atoms with Crippen molar-refractivity contribution in [3.05, 3.63) is 59.7 Å². The Hall–Kier alpha value is -3.39. The fraction of sp³-hybridized carbons (Fsp3) is 0.444. The molecule has 2 fully saturated rings. The number of hydrogen-bond donors (Lipinski definition) is 3. The number of carboxylic acid groups (broad SMARTS) is 1. The number of rotatable bonds is 9. The average Bonchev–Trinajstić information content (AvgIpc) is 3.45. The lowest BCUT2D eigenvalue weighted by Gasteiger charge is -2.33. The Labute approximate surface area is 204 Å². The van der Waals surface area contributed by atoms with Gasteiger partial charge in [-0.15, -0.1) is 0 Å². The Morgan fingerprint density at radius 1 is 1.06 bits per heavy atom. The summed E-state index contributed by atoms with van der Waals surface area (Å²) in [6, 6.07) is 15.1. The van der Waals surface area contributed by atoms with Gasteiger partial charge in [0, 0.05) is 19.6 Å². The van der Waals surface area contributed by atoms with E-state index in [1.54, 1.807) is 0 Å². The summed E-state index contributed by atoms with van der Waals surface area (Å²) < 4.78 is 10.6. The van der Waals surface area contributed by atoms with Gasteiger partial charge in [0.2, 0.25) is 5.91 Å². The van der Waals surface area contributed by atoms with Crippen LogP contribution in [0.3, 0.4) is 0 Å². The second-order valence-corrected chi connectivity index (χ2v) is 9.89. The number of alkyl carbamates (subject to hydrolysis) is 1. The quantitative estimate of drug-likeness (QED) is 0.510. The predicted octanol–water partition coefficient (Wildman–Crippen LogP) is 3.30. The van der Waals surface area contributed by atoms with Crippen LogP contribution in [0.25, 0.3) is 11.1 Å². The number of carbonyl (C=O) groups is 3. The van der Waals surface area contributed by atoms with E-state index in [9.17, 15) is 19.5 Å². The monoisotopic (exact) mass is 478 g/mol. The number of fused-ring (bicyclic) bond motifs is 3. The highest BCUT2D eigenvalue weighted by molar-refractivity contribution is 5.91. The third kappa shape index (κ3) is 3.95. The van der Waals surface area contributed by atoms with E-state index in [2.05, 4.69) is 34.9 Å². The van der Waals surface area contributed by atoms with Crippen molar-refractivity contribution in [2.24, 2.45) is 10.8 Å². The van der Waals surface area contributed by atoms with Gasteiger partial charge in [0.25, 0.3) is 0 Å². The van der Waals surface area contributed by atoms with Crippen molar-refractivity contribution in [3.63, 3.8) is 0 Å². The largest absolute Gasteiger partial charge is 0.480 e. The van der Waals surface area contributed by atoms with Crippen molar-refractivity contribution < 1.29 is 29.0 Å². The van der Waals surface area contributed by atoms with E-state index >= 15 is 0 Å². The van der Waals surface area contributed by atoms with E-state index in [4.69, 9.17) is 9.47 Å². The molecule has 35 heavy (non-hydrogen) atoms. The molecule has 184 valence electrons. The van der Waals surface area contributed by atoms with E-state index in [1.807, 2.05) is 24.3 Å². The number of nitrogens with one attached hydrogen (secondary N) is 2. The topological polar surface area (TPSA) is 114 Å². The Bertz CT molecular complexity index is 1110. The fourth-order valence-corrected chi connectivity index (χ4v) is 5.95. The Balaban J connectivity index is 1.22. The number of methoxy groups -OCH3 is 1. The summed E-state index contributed by atoms with van der Waals surface area (Å²) in [5.41, 5.74) is 3.60. The molecule has 2 atom stereocenters. The van der Waals surface area contributed by atoms with Crippen LogP contribution in [-0.2, 0) is 19.1 Å². The molecule has 0 heterocycles. The first-order chi connectivity index (χ1) is 16.9. The minimum Gasteiger partial charge on any atom is -0.480 e. The summed E-state index contributed by atoms with van der Waals surface area (Å²) in [4.78, 5) is 37.3. The normalized spacial score (nSPS) is 21.9. The SMILES string of the molecule is COC[C@H](NC(=O)C1(CNC(=O)OCC2c3ccccc3-c3ccccc32)CC12CCC2)C(=O)O. The van der Waals surface area contributed by atoms with Crippen LogP contribution < -0.4 is 10.6 Å². The summed E-state index contributed by atoms with van der Waals surface area (Å²) in [6.45, 7) is 0.192. The van der Waals surface area contributed by atoms with Crippen LogP contribution in [0.4, 0.5) is 4.79 Å². The van der Waals surface area contributed by atoms with Gasteiger partial charge < -0.3 is 25.2 Å². The maximum absolute atomic E-state index is 13.2. The van der Waals surface area contributed by atoms with E-state index in [-0.39, 0.29) is 37.0 Å². The zero-order valence-corrected chi connectivity index (χ0v) is 19.7. The maximum Gasteiger partial charge on any atom is 0.407 e. The second-order valence-electron chi connectivity index (χ2n) is 9.89. The fourth-order valence-electron chi connectivity index (χ4n) is 5.95. The van der Waals surface area contributed by atoms with Crippen LogP contribution >= 0.6 is 0 Å². The molecule has 3 aliphatic carbocycles. The van der Waals surface area contributed by atoms with Crippen molar-refractivity contribution in [1.82, 2.24) is 10.6 Å². The summed E-state index contributed by atoms with van der Waals surface area (Å²) in [7, 11) is 1.39. The van der Waals surface area contributed by atoms with E-state index < -0.39 is 23.5 Å². The van der Waals surface area contributed by atoms with Gasteiger partial charge in [-0.1, -0.05) is 55.0 Å². The number of benzene rings is 2. The van der Waals surface area contributed by atoms with Gasteiger partial charge in [0.1, 0.15) is 6.61 Å². The van der Waals surface area contributed by atoms with Gasteiger partial charge in [-0.05, 0) is 46.9 Å². The lowest BCUT2D eigenvalue weighted by atomic mass is 9.74. The van der Waals surface area contributed by atoms with Crippen molar-refractivity contribution in [2.75, 3.05) is 26.9 Å². The summed E-state index contributed by atoms with van der Waals surface area (Å²) >= 11 is 0. The maximum atomic E-state index is 13.2. The smallest absolute Gasteiger partial charge is 0.407 e. The van der Waals surface area contributed by atoms with Crippen molar-refractivity contribution in [2.45, 2.75) is 37.6 Å². The van der Waals surface area contributed by atoms with Crippen LogP contribution in [-0.4, -0.2) is 56.0 Å². The molecule has 3 aliphatic rings. The highest BCUT2D eigenvalue weighted by Gasteiger charge is 2.73. The molecule has 0 bridgehead atoms. The molecule has 5 rings (SSSR count). The van der Waals surface area contributed by atoms with E-state index in [0.29, 0.717) is 6.42 Å². The molecule has 0 aliphatic heterocycles. The van der Waals surface area contributed by atoms with Crippen molar-refractivity contribution >= 4 is 18.0 Å². The summed E-state index contributed by atoms with van der Waals surface area (Å²) in [5, 5.41) is 14.8. The Morgan fingerprint density at radius 3 is 2.20 bits per heavy atom. The summed E-state index contributed by atoms with van der Waals surface area (Å²) in [5.74, 6) is -1.54. The lowest BCUT2D eigenvalue weighted by Crippen LogP contribution is -2.51. The van der Waals surface area contributed by atoms with Crippen molar-refractivity contribution in [3.8, 4) is 11.1 Å². The predicted molar refractivity (Wildman–Crippen MR) is 128 cm³/mol. The van der Waals surface area contributed by atoms with Crippen molar-refractivity contribution in [1.29, 1.82) is 0 Å². The zero-order chi connectivity index (χ0) is 24.6. The number of aliphatic carboxylic acids is 1. The summed E-state index contributed by atoms with van der Waals surface area (Å²) in [6.07, 6.45) is 2.88. The molecule has 1 unspecified atom stereocenters. The number of amides is 2. The van der Waals surface area contributed by atoms with Crippen LogP contribution in [0.2, 0.25) is 0 Å². The first-order valence-corrected chi connectivity index (χ1v) is 12.0. The molecule has 8 heteroatoms. The zero-order valence-electron chi connectivity index (χ0n) is 19.7. The third-order valence-electron chi connectivity index (χ3n) is 8.09. The number of hydrogen-bond acceptors (Lipinski definition) is 5. The molecule has 8 nitrogen and oxygen atoms in total. The molecule has 0 saturated heterocycles. The first kappa shape index (κ1) is 23.4. The molecule has 0 radical (unpaired) electrons. The minimum atomic E-state index is -1.15. The average molecular weight is 479 g/mol. The van der Waals surface area contributed by atoms with Crippen LogP contribution in [0, 0.1) is 10.8 Å². The van der Waals surface area contributed by atoms with Gasteiger partial charge in [-0.2, -0.15) is 0 Å². The van der Waals surface area contributed by atoms with Crippen LogP contribution in [0.1, 0.15) is 42.7 Å². The number of carboxylic acids is 1. The van der Waals surface area contributed by atoms with E-state index in [0.717, 1.165) is 41.5 Å². The molecular weight excluding hydrogens is 448 g/mol. The lowest BCUT2D eigenvalue weighted by molar-refractivity contribution is -0.144. The molecule has 0 aromatic heterocycles. The van der Waals surface area contributed by atoms with Crippen LogP contribution in [0.15, 0.2) is 48.5 Å². The molecule has 2 aromatic rings.